The summed E-state index contributed by atoms with van der Waals surface area (Å²) in [6, 6.07) is 17.5. The zero-order valence-electron chi connectivity index (χ0n) is 24.9. The number of aromatic nitrogens is 4. The maximum absolute atomic E-state index is 5.57. The van der Waals surface area contributed by atoms with Gasteiger partial charge in [0.15, 0.2) is 0 Å². The number of unbranched alkanes of at least 4 members (excludes halogenated alkanes) is 4. The lowest BCUT2D eigenvalue weighted by molar-refractivity contribution is 0.415. The van der Waals surface area contributed by atoms with Crippen molar-refractivity contribution in [2.75, 3.05) is 14.2 Å². The van der Waals surface area contributed by atoms with Crippen LogP contribution in [-0.2, 0) is 6.54 Å². The van der Waals surface area contributed by atoms with Gasteiger partial charge in [0, 0.05) is 58.7 Å². The molecule has 0 spiro atoms. The number of pyridine rings is 2. The Morgan fingerprint density at radius 1 is 0.659 bits per heavy atom. The van der Waals surface area contributed by atoms with Crippen molar-refractivity contribution in [3.63, 3.8) is 0 Å². The smallest absolute Gasteiger partial charge is 0.120 e. The highest BCUT2D eigenvalue weighted by atomic mass is 16.5. The minimum Gasteiger partial charge on any atom is -0.497 e. The average Bonchev–Trinajstić information content (AvgIpc) is 3.50. The Labute approximate surface area is 241 Å². The molecule has 1 unspecified atom stereocenters. The molecule has 0 radical (unpaired) electrons. The van der Waals surface area contributed by atoms with Gasteiger partial charge in [-0.05, 0) is 70.0 Å². The number of hydrogen-bond acceptors (Lipinski definition) is 4. The highest BCUT2D eigenvalue weighted by Gasteiger charge is 2.18. The van der Waals surface area contributed by atoms with Gasteiger partial charge < -0.3 is 18.6 Å². The molecule has 6 aromatic rings. The van der Waals surface area contributed by atoms with Gasteiger partial charge in [-0.25, -0.2) is 0 Å². The zero-order chi connectivity index (χ0) is 28.5. The quantitative estimate of drug-likeness (QED) is 0.152. The average molecular weight is 549 g/mol. The van der Waals surface area contributed by atoms with Gasteiger partial charge in [-0.3, -0.25) is 9.97 Å². The number of benzene rings is 2. The van der Waals surface area contributed by atoms with Gasteiger partial charge in [0.2, 0.25) is 0 Å². The summed E-state index contributed by atoms with van der Waals surface area (Å²) >= 11 is 0. The van der Waals surface area contributed by atoms with E-state index in [0.717, 1.165) is 42.3 Å². The lowest BCUT2D eigenvalue weighted by Gasteiger charge is -2.18. The van der Waals surface area contributed by atoms with Gasteiger partial charge in [-0.2, -0.15) is 0 Å². The third-order valence-corrected chi connectivity index (χ3v) is 8.71. The SMILES string of the molecule is COc1ccc2c3ccnc(C)c3n(CCCCCCCC(C)n3c4cc(OC)ccc4c4ccnc(C)c43)c2c1. The molecule has 0 aliphatic rings. The second kappa shape index (κ2) is 11.4. The molecule has 0 aliphatic heterocycles. The molecule has 0 aliphatic carbocycles. The molecule has 0 saturated heterocycles. The Hall–Kier alpha value is -4.06. The summed E-state index contributed by atoms with van der Waals surface area (Å²) in [5.74, 6) is 1.79. The summed E-state index contributed by atoms with van der Waals surface area (Å²) in [5, 5.41) is 5.09. The van der Waals surface area contributed by atoms with E-state index in [1.807, 2.05) is 12.4 Å². The third kappa shape index (κ3) is 4.90. The summed E-state index contributed by atoms with van der Waals surface area (Å²) in [7, 11) is 3.47. The predicted molar refractivity (Wildman–Crippen MR) is 169 cm³/mol. The van der Waals surface area contributed by atoms with E-state index in [1.54, 1.807) is 14.2 Å². The number of methoxy groups -OCH3 is 2. The van der Waals surface area contributed by atoms with Gasteiger partial charge in [-0.15, -0.1) is 0 Å². The van der Waals surface area contributed by atoms with Crippen LogP contribution < -0.4 is 9.47 Å². The Bertz CT molecular complexity index is 1850. The van der Waals surface area contributed by atoms with Crippen LogP contribution in [0, 0.1) is 13.8 Å². The Morgan fingerprint density at radius 3 is 1.90 bits per heavy atom. The van der Waals surface area contributed by atoms with Crippen molar-refractivity contribution in [2.45, 2.75) is 71.9 Å². The first-order chi connectivity index (χ1) is 20.0. The van der Waals surface area contributed by atoms with E-state index in [4.69, 9.17) is 9.47 Å². The molecule has 0 fully saturated rings. The van der Waals surface area contributed by atoms with Crippen molar-refractivity contribution in [2.24, 2.45) is 0 Å². The van der Waals surface area contributed by atoms with Crippen LogP contribution in [0.4, 0.5) is 0 Å². The van der Waals surface area contributed by atoms with Crippen molar-refractivity contribution in [1.29, 1.82) is 0 Å². The minimum atomic E-state index is 0.382. The second-order valence-electron chi connectivity index (χ2n) is 11.3. The van der Waals surface area contributed by atoms with Crippen molar-refractivity contribution >= 4 is 43.6 Å². The second-order valence-corrected chi connectivity index (χ2v) is 11.3. The number of nitrogens with zero attached hydrogens (tertiary/aromatic N) is 4. The van der Waals surface area contributed by atoms with Crippen molar-refractivity contribution in [3.05, 3.63) is 72.3 Å². The Kier molecular flexibility index (Phi) is 7.57. The van der Waals surface area contributed by atoms with Crippen LogP contribution in [0.25, 0.3) is 43.6 Å². The summed E-state index contributed by atoms with van der Waals surface area (Å²) in [4.78, 5) is 9.23. The molecule has 0 bridgehead atoms. The molecular weight excluding hydrogens is 508 g/mol. The highest BCUT2D eigenvalue weighted by molar-refractivity contribution is 6.10. The number of hydrogen-bond donors (Lipinski definition) is 0. The topological polar surface area (TPSA) is 54.1 Å². The standard InChI is InChI=1S/C35H40N4O2/c1-23(39-33-22-27(41-5)13-15-29(33)31-17-19-37-25(3)35(31)39)11-9-7-6-8-10-20-38-32-21-26(40-4)12-14-28(32)30-16-18-36-24(2)34(30)38/h12-19,21-23H,6-11,20H2,1-5H3. The molecule has 212 valence electrons. The number of fused-ring (bicyclic) bond motifs is 6. The fourth-order valence-electron chi connectivity index (χ4n) is 6.65. The van der Waals surface area contributed by atoms with Crippen LogP contribution in [0.1, 0.15) is 62.9 Å². The first kappa shape index (κ1) is 27.1. The molecule has 0 amide bonds. The molecule has 4 heterocycles. The van der Waals surface area contributed by atoms with Crippen molar-refractivity contribution in [1.82, 2.24) is 19.1 Å². The van der Waals surface area contributed by atoms with E-state index in [-0.39, 0.29) is 0 Å². The van der Waals surface area contributed by atoms with Crippen LogP contribution in [0.2, 0.25) is 0 Å². The minimum absolute atomic E-state index is 0.382. The van der Waals surface area contributed by atoms with E-state index < -0.39 is 0 Å². The van der Waals surface area contributed by atoms with Crippen LogP contribution in [-0.4, -0.2) is 33.3 Å². The number of ether oxygens (including phenoxy) is 2. The fourth-order valence-corrected chi connectivity index (χ4v) is 6.65. The monoisotopic (exact) mass is 548 g/mol. The van der Waals surface area contributed by atoms with E-state index >= 15 is 0 Å². The van der Waals surface area contributed by atoms with E-state index in [2.05, 4.69) is 88.4 Å². The highest BCUT2D eigenvalue weighted by Crippen LogP contribution is 2.37. The Morgan fingerprint density at radius 2 is 1.22 bits per heavy atom. The first-order valence-corrected chi connectivity index (χ1v) is 14.9. The molecule has 41 heavy (non-hydrogen) atoms. The van der Waals surface area contributed by atoms with E-state index in [1.165, 1.54) is 69.3 Å². The molecule has 6 heteroatoms. The van der Waals surface area contributed by atoms with Crippen LogP contribution in [0.3, 0.4) is 0 Å². The molecule has 0 saturated carbocycles. The van der Waals surface area contributed by atoms with Gasteiger partial charge in [0.1, 0.15) is 11.5 Å². The molecule has 4 aromatic heterocycles. The first-order valence-electron chi connectivity index (χ1n) is 14.9. The number of rotatable bonds is 11. The fraction of sp³-hybridized carbons (Fsp3) is 0.371. The van der Waals surface area contributed by atoms with Gasteiger partial charge in [0.05, 0.1) is 47.7 Å². The molecular formula is C35H40N4O2. The molecule has 6 rings (SSSR count). The van der Waals surface area contributed by atoms with Gasteiger partial charge in [-0.1, -0.05) is 25.7 Å². The zero-order valence-corrected chi connectivity index (χ0v) is 24.9. The van der Waals surface area contributed by atoms with E-state index in [0.29, 0.717) is 6.04 Å². The summed E-state index contributed by atoms with van der Waals surface area (Å²) < 4.78 is 16.1. The normalized spacial score (nSPS) is 12.6. The maximum atomic E-state index is 5.57. The van der Waals surface area contributed by atoms with Crippen molar-refractivity contribution in [3.8, 4) is 11.5 Å². The van der Waals surface area contributed by atoms with Gasteiger partial charge in [0.25, 0.3) is 0 Å². The number of aryl methyl sites for hydroxylation is 3. The van der Waals surface area contributed by atoms with Crippen molar-refractivity contribution < 1.29 is 9.47 Å². The van der Waals surface area contributed by atoms with Gasteiger partial charge >= 0.3 is 0 Å². The van der Waals surface area contributed by atoms with Crippen LogP contribution in [0.15, 0.2) is 60.9 Å². The molecule has 0 N–H and O–H groups in total. The maximum Gasteiger partial charge on any atom is 0.120 e. The molecule has 2 aromatic carbocycles. The summed E-state index contributed by atoms with van der Waals surface area (Å²) in [5.41, 5.74) is 7.12. The summed E-state index contributed by atoms with van der Waals surface area (Å²) in [6.45, 7) is 7.57. The Balaban J connectivity index is 1.11. The van der Waals surface area contributed by atoms with E-state index in [9.17, 15) is 0 Å². The predicted octanol–water partition coefficient (Wildman–Crippen LogP) is 8.93. The molecule has 1 atom stereocenters. The third-order valence-electron chi connectivity index (χ3n) is 8.71. The lowest BCUT2D eigenvalue weighted by Crippen LogP contribution is -2.06. The van der Waals surface area contributed by atoms with Crippen LogP contribution in [0.5, 0.6) is 11.5 Å². The molecule has 6 nitrogen and oxygen atoms in total. The van der Waals surface area contributed by atoms with Crippen LogP contribution >= 0.6 is 0 Å². The largest absolute Gasteiger partial charge is 0.497 e. The lowest BCUT2D eigenvalue weighted by atomic mass is 10.1. The summed E-state index contributed by atoms with van der Waals surface area (Å²) in [6.07, 6.45) is 11.0.